The van der Waals surface area contributed by atoms with E-state index in [0.717, 1.165) is 73.3 Å². The number of likely N-dealkylation sites (tertiary alicyclic amines) is 1. The first-order valence-corrected chi connectivity index (χ1v) is 18.3. The molecule has 2 aromatic carbocycles. The molecule has 0 radical (unpaired) electrons. The molecule has 4 bridgehead atoms. The Morgan fingerprint density at radius 2 is 1.73 bits per heavy atom. The molecule has 1 saturated heterocycles. The molecule has 6 rings (SSSR count). The number of methoxy groups -OCH3 is 1. The lowest BCUT2D eigenvalue weighted by atomic mass is 9.74. The number of anilines is 1. The van der Waals surface area contributed by atoms with E-state index in [4.69, 9.17) is 14.6 Å². The topological polar surface area (TPSA) is 111 Å². The van der Waals surface area contributed by atoms with Gasteiger partial charge >= 0.3 is 0 Å². The highest BCUT2D eigenvalue weighted by atomic mass is 32.2. The van der Waals surface area contributed by atoms with Crippen molar-refractivity contribution in [1.82, 2.24) is 24.6 Å². The predicted octanol–water partition coefficient (Wildman–Crippen LogP) is 6.62. The lowest BCUT2D eigenvalue weighted by Gasteiger charge is -2.33. The molecule has 2 atom stereocenters. The number of nitrogens with zero attached hydrogens (tertiary/aromatic N) is 5. The van der Waals surface area contributed by atoms with Gasteiger partial charge in [-0.2, -0.15) is 10.1 Å². The van der Waals surface area contributed by atoms with Gasteiger partial charge in [0, 0.05) is 56.4 Å². The van der Waals surface area contributed by atoms with E-state index >= 15 is 0 Å². The van der Waals surface area contributed by atoms with Crippen molar-refractivity contribution in [3.63, 3.8) is 0 Å². The van der Waals surface area contributed by atoms with Gasteiger partial charge in [0.2, 0.25) is 11.8 Å². The third kappa shape index (κ3) is 7.74. The number of benzene rings is 2. The zero-order chi connectivity index (χ0) is 34.1. The number of rotatable bonds is 7. The Kier molecular flexibility index (Phi) is 9.92. The molecule has 10 nitrogen and oxygen atoms in total. The molecule has 0 saturated carbocycles. The summed E-state index contributed by atoms with van der Waals surface area (Å²) in [6, 6.07) is 15.4. The van der Waals surface area contributed by atoms with E-state index in [-0.39, 0.29) is 28.1 Å². The molecule has 2 aromatic heterocycles. The van der Waals surface area contributed by atoms with Crippen molar-refractivity contribution in [2.24, 2.45) is 11.3 Å². The molecule has 1 N–H and O–H groups in total. The van der Waals surface area contributed by atoms with Crippen molar-refractivity contribution in [2.75, 3.05) is 44.7 Å². The van der Waals surface area contributed by atoms with Crippen LogP contribution in [0.4, 0.5) is 5.95 Å². The maximum Gasteiger partial charge on any atom is 0.264 e. The molecule has 1 fully saturated rings. The highest BCUT2D eigenvalue weighted by Crippen LogP contribution is 2.41. The quantitative estimate of drug-likeness (QED) is 0.233. The second kappa shape index (κ2) is 14.0. The van der Waals surface area contributed by atoms with Crippen LogP contribution in [0.5, 0.6) is 5.88 Å². The van der Waals surface area contributed by atoms with Crippen LogP contribution < -0.4 is 9.46 Å². The standard InChI is InChI=1S/C37H48N6O4S/c1-25-9-7-10-26(2)34(25)32-20-33-40-36(39-32)41-48(44,45)31-12-8-11-27(19-31)35(28(24-47-33)21-37(3,4)5)29-22-38-43(23-29)30-13-15-42(16-14-30)17-18-46-6/h7-12,19-20,22-23,28,30,35H,13-18,21,24H2,1-6H3,(H,39,40,41)/t28-,35?/m1/s1. The number of fused-ring (bicyclic) bond motifs is 4. The number of hydrogen-bond donors (Lipinski definition) is 1. The Labute approximate surface area is 285 Å². The zero-order valence-corrected chi connectivity index (χ0v) is 29.8. The number of sulfonamides is 1. The fourth-order valence-electron chi connectivity index (χ4n) is 7.28. The lowest BCUT2D eigenvalue weighted by Crippen LogP contribution is -2.36. The van der Waals surface area contributed by atoms with Gasteiger partial charge in [-0.05, 0) is 72.9 Å². The summed E-state index contributed by atoms with van der Waals surface area (Å²) < 4.78 is 44.3. The van der Waals surface area contributed by atoms with Gasteiger partial charge in [-0.15, -0.1) is 0 Å². The molecule has 256 valence electrons. The van der Waals surface area contributed by atoms with E-state index in [9.17, 15) is 8.42 Å². The van der Waals surface area contributed by atoms with Crippen LogP contribution in [0.2, 0.25) is 0 Å². The van der Waals surface area contributed by atoms with Gasteiger partial charge in [-0.25, -0.2) is 18.1 Å². The van der Waals surface area contributed by atoms with Crippen LogP contribution in [0.3, 0.4) is 0 Å². The van der Waals surface area contributed by atoms with Crippen LogP contribution in [0, 0.1) is 25.2 Å². The molecule has 1 unspecified atom stereocenters. The summed E-state index contributed by atoms with van der Waals surface area (Å²) in [4.78, 5) is 11.8. The maximum atomic E-state index is 13.9. The summed E-state index contributed by atoms with van der Waals surface area (Å²) in [7, 11) is -2.27. The Hall–Kier alpha value is -3.80. The van der Waals surface area contributed by atoms with Crippen LogP contribution >= 0.6 is 0 Å². The predicted molar refractivity (Wildman–Crippen MR) is 188 cm³/mol. The highest BCUT2D eigenvalue weighted by Gasteiger charge is 2.33. The Morgan fingerprint density at radius 1 is 1.00 bits per heavy atom. The first-order valence-electron chi connectivity index (χ1n) is 16.9. The van der Waals surface area contributed by atoms with E-state index in [1.54, 1.807) is 19.2 Å². The number of nitrogens with one attached hydrogen (secondary N) is 1. The summed E-state index contributed by atoms with van der Waals surface area (Å²) in [5, 5.41) is 4.89. The van der Waals surface area contributed by atoms with Gasteiger partial charge in [0.1, 0.15) is 0 Å². The molecule has 2 aliphatic rings. The summed E-state index contributed by atoms with van der Waals surface area (Å²) in [6.07, 6.45) is 7.00. The Bertz CT molecular complexity index is 1820. The fourth-order valence-corrected chi connectivity index (χ4v) is 8.27. The van der Waals surface area contributed by atoms with Crippen molar-refractivity contribution in [2.45, 2.75) is 70.7 Å². The van der Waals surface area contributed by atoms with Gasteiger partial charge in [-0.1, -0.05) is 51.1 Å². The van der Waals surface area contributed by atoms with E-state index in [0.29, 0.717) is 24.2 Å². The summed E-state index contributed by atoms with van der Waals surface area (Å²) in [5.74, 6) is 0.146. The molecular weight excluding hydrogens is 625 g/mol. The minimum Gasteiger partial charge on any atom is -0.477 e. The second-order valence-corrected chi connectivity index (χ2v) is 16.2. The lowest BCUT2D eigenvalue weighted by molar-refractivity contribution is 0.119. The van der Waals surface area contributed by atoms with Crippen LogP contribution in [0.1, 0.15) is 74.2 Å². The fraction of sp³-hybridized carbons (Fsp3) is 0.486. The molecule has 0 spiro atoms. The highest BCUT2D eigenvalue weighted by molar-refractivity contribution is 7.92. The third-order valence-electron chi connectivity index (χ3n) is 9.51. The summed E-state index contributed by atoms with van der Waals surface area (Å²) in [6.45, 7) is 14.8. The Morgan fingerprint density at radius 3 is 2.44 bits per heavy atom. The van der Waals surface area contributed by atoms with Crippen LogP contribution in [-0.2, 0) is 14.8 Å². The largest absolute Gasteiger partial charge is 0.477 e. The average Bonchev–Trinajstić information content (AvgIpc) is 3.51. The number of hydrogen-bond acceptors (Lipinski definition) is 8. The summed E-state index contributed by atoms with van der Waals surface area (Å²) >= 11 is 0. The van der Waals surface area contributed by atoms with Crippen molar-refractivity contribution >= 4 is 16.0 Å². The van der Waals surface area contributed by atoms with E-state index < -0.39 is 10.0 Å². The van der Waals surface area contributed by atoms with E-state index in [1.807, 2.05) is 56.4 Å². The first-order chi connectivity index (χ1) is 22.9. The monoisotopic (exact) mass is 672 g/mol. The first kappa shape index (κ1) is 34.1. The maximum absolute atomic E-state index is 13.9. The molecular formula is C37H48N6O4S. The molecule has 4 aromatic rings. The number of piperidine rings is 1. The van der Waals surface area contributed by atoms with Crippen molar-refractivity contribution in [3.05, 3.63) is 83.2 Å². The number of ether oxygens (including phenoxy) is 2. The molecule has 4 heterocycles. The third-order valence-corrected chi connectivity index (χ3v) is 10.8. The molecule has 11 heteroatoms. The van der Waals surface area contributed by atoms with Gasteiger partial charge in [0.15, 0.2) is 0 Å². The normalized spacial score (nSPS) is 20.3. The minimum absolute atomic E-state index is 0.00839. The SMILES string of the molecule is COCCN1CCC(n2cc(C3c4cccc(c4)S(=O)(=O)Nc4nc(cc(-c5c(C)cccc5C)n4)OC[C@H]3CC(C)(C)C)cn2)CC1. The van der Waals surface area contributed by atoms with Crippen molar-refractivity contribution in [1.29, 1.82) is 0 Å². The summed E-state index contributed by atoms with van der Waals surface area (Å²) in [5.41, 5.74) is 5.54. The van der Waals surface area contributed by atoms with Gasteiger partial charge in [-0.3, -0.25) is 4.68 Å². The van der Waals surface area contributed by atoms with Gasteiger partial charge in [0.05, 0.1) is 36.0 Å². The van der Waals surface area contributed by atoms with Crippen LogP contribution in [-0.4, -0.2) is 73.0 Å². The molecule has 48 heavy (non-hydrogen) atoms. The number of aryl methyl sites for hydroxylation is 2. The zero-order valence-electron chi connectivity index (χ0n) is 28.9. The van der Waals surface area contributed by atoms with Gasteiger partial charge in [0.25, 0.3) is 10.0 Å². The smallest absolute Gasteiger partial charge is 0.264 e. The van der Waals surface area contributed by atoms with Gasteiger partial charge < -0.3 is 14.4 Å². The minimum atomic E-state index is -4.01. The molecule has 0 amide bonds. The number of aromatic nitrogens is 4. The van der Waals surface area contributed by atoms with E-state index in [1.165, 1.54) is 0 Å². The Balaban J connectivity index is 1.41. The van der Waals surface area contributed by atoms with E-state index in [2.05, 4.69) is 51.2 Å². The van der Waals surface area contributed by atoms with Crippen LogP contribution in [0.25, 0.3) is 11.3 Å². The average molecular weight is 673 g/mol. The van der Waals surface area contributed by atoms with Crippen molar-refractivity contribution < 1.29 is 17.9 Å². The molecule has 0 aliphatic carbocycles. The van der Waals surface area contributed by atoms with Crippen LogP contribution in [0.15, 0.2) is 65.8 Å². The van der Waals surface area contributed by atoms with Crippen molar-refractivity contribution in [3.8, 4) is 17.1 Å². The molecule has 2 aliphatic heterocycles. The second-order valence-electron chi connectivity index (χ2n) is 14.5.